The number of fused-ring (bicyclic) bond motifs is 6. The Balaban J connectivity index is 1.56. The quantitative estimate of drug-likeness (QED) is 0.164. The number of nitriles is 1. The highest BCUT2D eigenvalue weighted by Gasteiger charge is 2.39. The largest absolute Gasteiger partial charge is 0.417 e. The normalized spacial score (nSPS) is 13.0. The fourth-order valence-corrected chi connectivity index (χ4v) is 7.26. The van der Waals surface area contributed by atoms with Gasteiger partial charge in [0.15, 0.2) is 0 Å². The lowest BCUT2D eigenvalue weighted by Crippen LogP contribution is -2.13. The number of benzene rings is 6. The molecule has 6 aromatic carbocycles. The molecule has 0 atom stereocenters. The highest BCUT2D eigenvalue weighted by atomic mass is 19.4. The van der Waals surface area contributed by atoms with Crippen LogP contribution < -0.4 is 0 Å². The molecule has 0 aliphatic heterocycles. The zero-order valence-corrected chi connectivity index (χ0v) is 27.8. The van der Waals surface area contributed by atoms with Crippen molar-refractivity contribution in [2.24, 2.45) is 0 Å². The van der Waals surface area contributed by atoms with Gasteiger partial charge in [0.2, 0.25) is 0 Å². The van der Waals surface area contributed by atoms with Crippen LogP contribution in [-0.4, -0.2) is 9.13 Å². The molecule has 0 aliphatic carbocycles. The number of halogens is 12. The Labute approximate surface area is 306 Å². The summed E-state index contributed by atoms with van der Waals surface area (Å²) in [5, 5.41) is 11.2. The van der Waals surface area contributed by atoms with Gasteiger partial charge in [-0.3, -0.25) is 0 Å². The smallest absolute Gasteiger partial charge is 0.307 e. The summed E-state index contributed by atoms with van der Waals surface area (Å²) in [7, 11) is 0. The molecule has 0 N–H and O–H groups in total. The van der Waals surface area contributed by atoms with Crippen molar-refractivity contribution in [2.75, 3.05) is 0 Å². The average molecular weight is 782 g/mol. The zero-order valence-electron chi connectivity index (χ0n) is 27.8. The third-order valence-electron chi connectivity index (χ3n) is 9.66. The van der Waals surface area contributed by atoms with Crippen molar-refractivity contribution in [2.45, 2.75) is 24.7 Å². The Morgan fingerprint density at radius 3 is 1.25 bits per heavy atom. The number of hydrogen-bond donors (Lipinski definition) is 0. The van der Waals surface area contributed by atoms with Crippen LogP contribution in [-0.2, 0) is 24.7 Å². The zero-order chi connectivity index (χ0) is 40.1. The van der Waals surface area contributed by atoms with Gasteiger partial charge in [-0.1, -0.05) is 42.5 Å². The predicted octanol–water partition coefficient (Wildman–Crippen LogP) is 13.5. The maximum atomic E-state index is 14.6. The van der Waals surface area contributed by atoms with Gasteiger partial charge in [0.25, 0.3) is 0 Å². The first kappa shape index (κ1) is 36.5. The summed E-state index contributed by atoms with van der Waals surface area (Å²) in [5.41, 5.74) is -6.22. The molecular formula is C41H19F12N3. The van der Waals surface area contributed by atoms with E-state index in [1.54, 1.807) is 36.4 Å². The van der Waals surface area contributed by atoms with Gasteiger partial charge in [0.1, 0.15) is 0 Å². The molecule has 0 radical (unpaired) electrons. The summed E-state index contributed by atoms with van der Waals surface area (Å²) < 4.78 is 172. The fourth-order valence-electron chi connectivity index (χ4n) is 7.26. The average Bonchev–Trinajstić information content (AvgIpc) is 3.65. The Morgan fingerprint density at radius 1 is 0.393 bits per heavy atom. The highest BCUT2D eigenvalue weighted by Crippen LogP contribution is 2.46. The standard InChI is InChI=1S/C41H19F12N3/c42-38(43,44)22-10-13-34-29(16-22)26-5-1-3-7-32(26)55(34)36-15-21(20-54)28(25-12-9-24(40(48,49)50)18-31(25)41(51,52)53)19-37(36)56-33-8-4-2-6-27(33)30-17-23(39(45,46)47)11-14-35(30)56/h1-19H. The maximum absolute atomic E-state index is 14.6. The molecule has 0 saturated heterocycles. The van der Waals surface area contributed by atoms with Crippen molar-refractivity contribution in [3.63, 3.8) is 0 Å². The first-order valence-corrected chi connectivity index (χ1v) is 16.4. The SMILES string of the molecule is N#Cc1cc(-n2c3ccccc3c3cc(C(F)(F)F)ccc32)c(-n2c3ccccc3c3cc(C(F)(F)F)ccc32)cc1-c1ccc(C(F)(F)F)cc1C(F)(F)F. The first-order valence-electron chi connectivity index (χ1n) is 16.4. The second-order valence-electron chi connectivity index (χ2n) is 12.9. The van der Waals surface area contributed by atoms with Crippen LogP contribution in [0.15, 0.2) is 115 Å². The highest BCUT2D eigenvalue weighted by molar-refractivity contribution is 6.12. The second kappa shape index (κ2) is 12.3. The van der Waals surface area contributed by atoms with Gasteiger partial charge in [-0.05, 0) is 78.4 Å². The van der Waals surface area contributed by atoms with E-state index in [2.05, 4.69) is 0 Å². The van der Waals surface area contributed by atoms with Crippen LogP contribution in [0.5, 0.6) is 0 Å². The molecule has 2 aromatic heterocycles. The lowest BCUT2D eigenvalue weighted by molar-refractivity contribution is -0.143. The minimum Gasteiger partial charge on any atom is -0.307 e. The van der Waals surface area contributed by atoms with Gasteiger partial charge in [-0.25, -0.2) is 0 Å². The van der Waals surface area contributed by atoms with E-state index < -0.39 is 63.6 Å². The first-order chi connectivity index (χ1) is 26.3. The topological polar surface area (TPSA) is 33.6 Å². The number of rotatable bonds is 3. The van der Waals surface area contributed by atoms with Gasteiger partial charge >= 0.3 is 24.7 Å². The molecule has 15 heteroatoms. The lowest BCUT2D eigenvalue weighted by Gasteiger charge is -2.21. The molecule has 0 aliphatic rings. The monoisotopic (exact) mass is 781 g/mol. The van der Waals surface area contributed by atoms with E-state index in [-0.39, 0.29) is 50.1 Å². The molecule has 0 fully saturated rings. The summed E-state index contributed by atoms with van der Waals surface area (Å²) in [6, 6.07) is 23.3. The molecule has 0 bridgehead atoms. The van der Waals surface area contributed by atoms with Gasteiger partial charge in [-0.2, -0.15) is 57.9 Å². The van der Waals surface area contributed by atoms with E-state index in [9.17, 15) is 57.9 Å². The van der Waals surface area contributed by atoms with Gasteiger partial charge in [0, 0.05) is 27.1 Å². The third-order valence-corrected chi connectivity index (χ3v) is 9.66. The number of hydrogen-bond acceptors (Lipinski definition) is 1. The molecule has 0 unspecified atom stereocenters. The Hall–Kier alpha value is -6.43. The van der Waals surface area contributed by atoms with E-state index in [0.29, 0.717) is 23.0 Å². The molecule has 0 spiro atoms. The predicted molar refractivity (Wildman–Crippen MR) is 185 cm³/mol. The lowest BCUT2D eigenvalue weighted by atomic mass is 9.92. The summed E-state index contributed by atoms with van der Waals surface area (Å²) in [4.78, 5) is 0. The summed E-state index contributed by atoms with van der Waals surface area (Å²) in [6.07, 6.45) is -20.0. The Bertz CT molecular complexity index is 2930. The van der Waals surface area contributed by atoms with E-state index in [1.165, 1.54) is 27.3 Å². The number of aromatic nitrogens is 2. The van der Waals surface area contributed by atoms with Crippen LogP contribution in [0.3, 0.4) is 0 Å². The molecule has 56 heavy (non-hydrogen) atoms. The minimum absolute atomic E-state index is 0.0132. The third kappa shape index (κ3) is 5.87. The molecule has 8 aromatic rings. The van der Waals surface area contributed by atoms with Crippen LogP contribution in [0.25, 0.3) is 66.1 Å². The van der Waals surface area contributed by atoms with Crippen LogP contribution in [0.2, 0.25) is 0 Å². The summed E-state index contributed by atoms with van der Waals surface area (Å²) in [5.74, 6) is 0. The molecule has 0 saturated carbocycles. The minimum atomic E-state index is -5.36. The van der Waals surface area contributed by atoms with E-state index >= 15 is 0 Å². The van der Waals surface area contributed by atoms with Crippen LogP contribution in [0, 0.1) is 11.3 Å². The van der Waals surface area contributed by atoms with Gasteiger partial charge in [0.05, 0.1) is 67.3 Å². The molecule has 3 nitrogen and oxygen atoms in total. The van der Waals surface area contributed by atoms with Crippen molar-refractivity contribution in [3.05, 3.63) is 143 Å². The van der Waals surface area contributed by atoms with E-state index in [0.717, 1.165) is 42.5 Å². The summed E-state index contributed by atoms with van der Waals surface area (Å²) in [6.45, 7) is 0. The van der Waals surface area contributed by atoms with Gasteiger partial charge in [-0.15, -0.1) is 0 Å². The van der Waals surface area contributed by atoms with Crippen LogP contribution in [0.4, 0.5) is 52.7 Å². The maximum Gasteiger partial charge on any atom is 0.417 e. The van der Waals surface area contributed by atoms with Crippen molar-refractivity contribution >= 4 is 43.6 Å². The second-order valence-corrected chi connectivity index (χ2v) is 12.9. The number of nitrogens with zero attached hydrogens (tertiary/aromatic N) is 3. The molecule has 2 heterocycles. The molecule has 0 amide bonds. The van der Waals surface area contributed by atoms with Crippen molar-refractivity contribution in [1.82, 2.24) is 9.13 Å². The fraction of sp³-hybridized carbons (Fsp3) is 0.0976. The van der Waals surface area contributed by atoms with Crippen molar-refractivity contribution in [3.8, 4) is 28.6 Å². The molecule has 8 rings (SSSR count). The molecular weight excluding hydrogens is 762 g/mol. The molecule has 282 valence electrons. The van der Waals surface area contributed by atoms with E-state index in [4.69, 9.17) is 0 Å². The number of alkyl halides is 12. The van der Waals surface area contributed by atoms with Gasteiger partial charge < -0.3 is 9.13 Å². The van der Waals surface area contributed by atoms with Crippen molar-refractivity contribution < 1.29 is 52.7 Å². The van der Waals surface area contributed by atoms with Crippen molar-refractivity contribution in [1.29, 1.82) is 5.26 Å². The van der Waals surface area contributed by atoms with Crippen LogP contribution in [0.1, 0.15) is 27.8 Å². The summed E-state index contributed by atoms with van der Waals surface area (Å²) >= 11 is 0. The van der Waals surface area contributed by atoms with Crippen LogP contribution >= 0.6 is 0 Å². The van der Waals surface area contributed by atoms with E-state index in [1.807, 2.05) is 6.07 Å². The Morgan fingerprint density at radius 2 is 0.804 bits per heavy atom. The Kier molecular flexibility index (Phi) is 8.02. The number of para-hydroxylation sites is 2.